The van der Waals surface area contributed by atoms with Gasteiger partial charge < -0.3 is 4.90 Å². The van der Waals surface area contributed by atoms with E-state index in [1.807, 2.05) is 4.90 Å². The second kappa shape index (κ2) is 4.63. The average Bonchev–Trinajstić information content (AvgIpc) is 2.16. The minimum Gasteiger partial charge on any atom is -0.340 e. The molecule has 2 rings (SSSR count). The Labute approximate surface area is 90.5 Å². The maximum Gasteiger partial charge on any atom is 0.225 e. The molecular formula is C11H17N3O. The van der Waals surface area contributed by atoms with Gasteiger partial charge in [-0.25, -0.2) is 0 Å². The SMILES string of the molecule is N#CCN1CCN(C(=O)C2CCC2)CC1. The summed E-state index contributed by atoms with van der Waals surface area (Å²) in [5.74, 6) is 0.658. The van der Waals surface area contributed by atoms with E-state index in [-0.39, 0.29) is 0 Å². The average molecular weight is 207 g/mol. The quantitative estimate of drug-likeness (QED) is 0.618. The van der Waals surface area contributed by atoms with E-state index in [0.29, 0.717) is 18.4 Å². The van der Waals surface area contributed by atoms with Gasteiger partial charge >= 0.3 is 0 Å². The lowest BCUT2D eigenvalue weighted by atomic mass is 9.84. The Hall–Kier alpha value is -1.08. The summed E-state index contributed by atoms with van der Waals surface area (Å²) in [6.45, 7) is 3.80. The molecule has 2 aliphatic rings. The molecule has 0 aromatic carbocycles. The van der Waals surface area contributed by atoms with Crippen LogP contribution in [0.4, 0.5) is 0 Å². The summed E-state index contributed by atoms with van der Waals surface area (Å²) in [6.07, 6.45) is 3.37. The zero-order chi connectivity index (χ0) is 10.7. The van der Waals surface area contributed by atoms with E-state index >= 15 is 0 Å². The van der Waals surface area contributed by atoms with Crippen molar-refractivity contribution in [2.75, 3.05) is 32.7 Å². The number of hydrogen-bond donors (Lipinski definition) is 0. The smallest absolute Gasteiger partial charge is 0.225 e. The van der Waals surface area contributed by atoms with Crippen molar-refractivity contribution in [3.05, 3.63) is 0 Å². The zero-order valence-corrected chi connectivity index (χ0v) is 8.98. The van der Waals surface area contributed by atoms with Gasteiger partial charge in [0.25, 0.3) is 0 Å². The molecular weight excluding hydrogens is 190 g/mol. The van der Waals surface area contributed by atoms with Crippen LogP contribution in [0, 0.1) is 17.2 Å². The van der Waals surface area contributed by atoms with Gasteiger partial charge in [-0.15, -0.1) is 0 Å². The molecule has 1 aliphatic heterocycles. The largest absolute Gasteiger partial charge is 0.340 e. The summed E-state index contributed by atoms with van der Waals surface area (Å²) < 4.78 is 0. The van der Waals surface area contributed by atoms with E-state index in [9.17, 15) is 4.79 Å². The minimum atomic E-state index is 0.313. The second-order valence-electron chi connectivity index (χ2n) is 4.39. The van der Waals surface area contributed by atoms with Crippen LogP contribution < -0.4 is 0 Å². The molecule has 0 aromatic rings. The van der Waals surface area contributed by atoms with Crippen molar-refractivity contribution in [2.24, 2.45) is 5.92 Å². The Bertz CT molecular complexity index is 272. The maximum absolute atomic E-state index is 11.9. The van der Waals surface area contributed by atoms with Gasteiger partial charge in [-0.05, 0) is 12.8 Å². The normalized spacial score (nSPS) is 23.3. The number of carbonyl (C=O) groups excluding carboxylic acids is 1. The van der Waals surface area contributed by atoms with Crippen molar-refractivity contribution >= 4 is 5.91 Å². The highest BCUT2D eigenvalue weighted by Crippen LogP contribution is 2.28. The fraction of sp³-hybridized carbons (Fsp3) is 0.818. The molecule has 0 atom stereocenters. The van der Waals surface area contributed by atoms with Crippen molar-refractivity contribution < 1.29 is 4.79 Å². The molecule has 0 unspecified atom stereocenters. The molecule has 0 spiro atoms. The molecule has 0 N–H and O–H groups in total. The molecule has 0 bridgehead atoms. The highest BCUT2D eigenvalue weighted by atomic mass is 16.2. The Morgan fingerprint density at radius 1 is 1.27 bits per heavy atom. The summed E-state index contributed by atoms with van der Waals surface area (Å²) in [5.41, 5.74) is 0. The monoisotopic (exact) mass is 207 g/mol. The third kappa shape index (κ3) is 2.29. The van der Waals surface area contributed by atoms with E-state index in [2.05, 4.69) is 11.0 Å². The van der Waals surface area contributed by atoms with E-state index in [1.165, 1.54) is 6.42 Å². The Kier molecular flexibility index (Phi) is 3.22. The molecule has 1 heterocycles. The fourth-order valence-corrected chi connectivity index (χ4v) is 2.14. The van der Waals surface area contributed by atoms with E-state index in [1.54, 1.807) is 0 Å². The predicted octanol–water partition coefficient (Wildman–Crippen LogP) is 0.454. The first-order valence-electron chi connectivity index (χ1n) is 5.69. The first-order valence-corrected chi connectivity index (χ1v) is 5.69. The lowest BCUT2D eigenvalue weighted by Gasteiger charge is -2.37. The molecule has 1 aliphatic carbocycles. The summed E-state index contributed by atoms with van der Waals surface area (Å²) in [7, 11) is 0. The highest BCUT2D eigenvalue weighted by molar-refractivity contribution is 5.79. The molecule has 15 heavy (non-hydrogen) atoms. The van der Waals surface area contributed by atoms with Crippen LogP contribution in [0.15, 0.2) is 0 Å². The zero-order valence-electron chi connectivity index (χ0n) is 8.98. The lowest BCUT2D eigenvalue weighted by molar-refractivity contribution is -0.139. The molecule has 0 radical (unpaired) electrons. The van der Waals surface area contributed by atoms with Gasteiger partial charge in [0.2, 0.25) is 5.91 Å². The molecule has 1 saturated heterocycles. The third-order valence-corrected chi connectivity index (χ3v) is 3.43. The fourth-order valence-electron chi connectivity index (χ4n) is 2.14. The summed E-state index contributed by atoms with van der Waals surface area (Å²) in [4.78, 5) is 16.0. The number of carbonyl (C=O) groups is 1. The van der Waals surface area contributed by atoms with Crippen molar-refractivity contribution in [3.63, 3.8) is 0 Å². The lowest BCUT2D eigenvalue weighted by Crippen LogP contribution is -2.51. The van der Waals surface area contributed by atoms with Gasteiger partial charge in [-0.2, -0.15) is 5.26 Å². The Balaban J connectivity index is 1.77. The molecule has 2 fully saturated rings. The van der Waals surface area contributed by atoms with Crippen LogP contribution in [0.2, 0.25) is 0 Å². The molecule has 1 amide bonds. The highest BCUT2D eigenvalue weighted by Gasteiger charge is 2.30. The van der Waals surface area contributed by atoms with Gasteiger partial charge in [0.05, 0.1) is 12.6 Å². The Morgan fingerprint density at radius 2 is 1.93 bits per heavy atom. The molecule has 0 aromatic heterocycles. The van der Waals surface area contributed by atoms with Gasteiger partial charge in [-0.1, -0.05) is 6.42 Å². The topological polar surface area (TPSA) is 47.3 Å². The number of piperazine rings is 1. The number of rotatable bonds is 2. The molecule has 82 valence electrons. The van der Waals surface area contributed by atoms with Crippen molar-refractivity contribution in [1.29, 1.82) is 5.26 Å². The van der Waals surface area contributed by atoms with Crippen LogP contribution >= 0.6 is 0 Å². The minimum absolute atomic E-state index is 0.313. The van der Waals surface area contributed by atoms with E-state index in [0.717, 1.165) is 39.0 Å². The summed E-state index contributed by atoms with van der Waals surface area (Å²) in [6, 6.07) is 2.15. The standard InChI is InChI=1S/C11H17N3O/c12-4-5-13-6-8-14(9-7-13)11(15)10-2-1-3-10/h10H,1-3,5-9H2. The van der Waals surface area contributed by atoms with Crippen LogP contribution in [0.5, 0.6) is 0 Å². The van der Waals surface area contributed by atoms with E-state index in [4.69, 9.17) is 5.26 Å². The number of nitriles is 1. The molecule has 4 nitrogen and oxygen atoms in total. The third-order valence-electron chi connectivity index (χ3n) is 3.43. The predicted molar refractivity (Wildman–Crippen MR) is 56.0 cm³/mol. The van der Waals surface area contributed by atoms with Gasteiger partial charge in [0.15, 0.2) is 0 Å². The van der Waals surface area contributed by atoms with Crippen molar-refractivity contribution in [1.82, 2.24) is 9.80 Å². The first kappa shape index (κ1) is 10.4. The maximum atomic E-state index is 11.9. The summed E-state index contributed by atoms with van der Waals surface area (Å²) >= 11 is 0. The van der Waals surface area contributed by atoms with Gasteiger partial charge in [0.1, 0.15) is 0 Å². The van der Waals surface area contributed by atoms with E-state index < -0.39 is 0 Å². The first-order chi connectivity index (χ1) is 7.31. The Morgan fingerprint density at radius 3 is 2.40 bits per heavy atom. The summed E-state index contributed by atoms with van der Waals surface area (Å²) in [5, 5.41) is 8.56. The molecule has 4 heteroatoms. The number of nitrogens with zero attached hydrogens (tertiary/aromatic N) is 3. The van der Waals surface area contributed by atoms with Crippen molar-refractivity contribution in [3.8, 4) is 6.07 Å². The van der Waals surface area contributed by atoms with Crippen LogP contribution in [-0.4, -0.2) is 48.4 Å². The van der Waals surface area contributed by atoms with Crippen molar-refractivity contribution in [2.45, 2.75) is 19.3 Å². The van der Waals surface area contributed by atoms with Crippen LogP contribution in [0.1, 0.15) is 19.3 Å². The number of amides is 1. The van der Waals surface area contributed by atoms with Gasteiger partial charge in [0, 0.05) is 32.1 Å². The molecule has 1 saturated carbocycles. The number of hydrogen-bond acceptors (Lipinski definition) is 3. The van der Waals surface area contributed by atoms with Crippen LogP contribution in [-0.2, 0) is 4.79 Å². The van der Waals surface area contributed by atoms with Crippen LogP contribution in [0.25, 0.3) is 0 Å². The second-order valence-corrected chi connectivity index (χ2v) is 4.39. The van der Waals surface area contributed by atoms with Gasteiger partial charge in [-0.3, -0.25) is 9.69 Å². The van der Waals surface area contributed by atoms with Crippen LogP contribution in [0.3, 0.4) is 0 Å².